The second kappa shape index (κ2) is 3.18. The van der Waals surface area contributed by atoms with E-state index in [-0.39, 0.29) is 6.10 Å². The normalized spacial score (nSPS) is 10.1. The van der Waals surface area contributed by atoms with Crippen LogP contribution in [-0.4, -0.2) is 16.3 Å². The molecule has 0 radical (unpaired) electrons. The maximum absolute atomic E-state index is 5.38. The molecule has 0 bridgehead atoms. The van der Waals surface area contributed by atoms with E-state index in [0.717, 1.165) is 0 Å². The number of hydrogen-bond donors (Lipinski definition) is 1. The van der Waals surface area contributed by atoms with Crippen molar-refractivity contribution in [2.45, 2.75) is 20.0 Å². The van der Waals surface area contributed by atoms with Gasteiger partial charge in [-0.25, -0.2) is 0 Å². The molecule has 1 aromatic heterocycles. The molecule has 60 valence electrons. The van der Waals surface area contributed by atoms with Crippen LogP contribution in [-0.2, 0) is 0 Å². The van der Waals surface area contributed by atoms with Crippen molar-refractivity contribution >= 4 is 5.82 Å². The molecule has 0 saturated carbocycles. The standard InChI is InChI=1S/C7H11N3O/c1-5(2)11-6-3-7(8)10-9-4-6/h3-5H,1-2H3,(H2,8,10). The van der Waals surface area contributed by atoms with Crippen LogP contribution in [0.2, 0.25) is 0 Å². The van der Waals surface area contributed by atoms with Crippen LogP contribution >= 0.6 is 0 Å². The number of nitrogen functional groups attached to an aromatic ring is 1. The van der Waals surface area contributed by atoms with Crippen LogP contribution in [0.4, 0.5) is 5.82 Å². The summed E-state index contributed by atoms with van der Waals surface area (Å²) in [5, 5.41) is 7.23. The molecule has 0 saturated heterocycles. The quantitative estimate of drug-likeness (QED) is 0.684. The Morgan fingerprint density at radius 1 is 1.55 bits per heavy atom. The lowest BCUT2D eigenvalue weighted by molar-refractivity contribution is 0.241. The molecule has 0 fully saturated rings. The third kappa shape index (κ3) is 2.41. The first-order chi connectivity index (χ1) is 5.18. The third-order valence-electron chi connectivity index (χ3n) is 1.02. The SMILES string of the molecule is CC(C)Oc1cnnc(N)c1. The maximum Gasteiger partial charge on any atom is 0.149 e. The minimum absolute atomic E-state index is 0.138. The van der Waals surface area contributed by atoms with Crippen LogP contribution in [0.3, 0.4) is 0 Å². The van der Waals surface area contributed by atoms with Crippen molar-refractivity contribution in [1.29, 1.82) is 0 Å². The summed E-state index contributed by atoms with van der Waals surface area (Å²) >= 11 is 0. The lowest BCUT2D eigenvalue weighted by Gasteiger charge is -2.07. The second-order valence-corrected chi connectivity index (χ2v) is 2.48. The predicted molar refractivity (Wildman–Crippen MR) is 42.2 cm³/mol. The summed E-state index contributed by atoms with van der Waals surface area (Å²) in [6, 6.07) is 1.65. The highest BCUT2D eigenvalue weighted by molar-refractivity contribution is 5.33. The molecule has 1 heterocycles. The highest BCUT2D eigenvalue weighted by atomic mass is 16.5. The van der Waals surface area contributed by atoms with Crippen LogP contribution in [0, 0.1) is 0 Å². The number of nitrogens with zero attached hydrogens (tertiary/aromatic N) is 2. The van der Waals surface area contributed by atoms with Crippen molar-refractivity contribution in [2.75, 3.05) is 5.73 Å². The number of hydrogen-bond acceptors (Lipinski definition) is 4. The first-order valence-corrected chi connectivity index (χ1v) is 3.43. The summed E-state index contributed by atoms with van der Waals surface area (Å²) in [4.78, 5) is 0. The van der Waals surface area contributed by atoms with Gasteiger partial charge in [0.25, 0.3) is 0 Å². The van der Waals surface area contributed by atoms with Crippen LogP contribution in [0.25, 0.3) is 0 Å². The number of rotatable bonds is 2. The first kappa shape index (κ1) is 7.78. The molecule has 4 nitrogen and oxygen atoms in total. The Bertz CT molecular complexity index is 237. The fourth-order valence-corrected chi connectivity index (χ4v) is 0.701. The molecule has 1 aromatic rings. The fraction of sp³-hybridized carbons (Fsp3) is 0.429. The van der Waals surface area contributed by atoms with E-state index in [2.05, 4.69) is 10.2 Å². The number of anilines is 1. The van der Waals surface area contributed by atoms with E-state index < -0.39 is 0 Å². The van der Waals surface area contributed by atoms with E-state index in [1.54, 1.807) is 6.07 Å². The highest BCUT2D eigenvalue weighted by Gasteiger charge is 1.97. The molecule has 11 heavy (non-hydrogen) atoms. The van der Waals surface area contributed by atoms with Crippen molar-refractivity contribution in [1.82, 2.24) is 10.2 Å². The maximum atomic E-state index is 5.38. The Labute approximate surface area is 65.4 Å². The Kier molecular flexibility index (Phi) is 2.25. The van der Waals surface area contributed by atoms with Crippen LogP contribution in [0.1, 0.15) is 13.8 Å². The van der Waals surface area contributed by atoms with E-state index in [9.17, 15) is 0 Å². The third-order valence-corrected chi connectivity index (χ3v) is 1.02. The van der Waals surface area contributed by atoms with E-state index in [1.165, 1.54) is 6.20 Å². The fourth-order valence-electron chi connectivity index (χ4n) is 0.701. The van der Waals surface area contributed by atoms with Gasteiger partial charge in [-0.2, -0.15) is 5.10 Å². The summed E-state index contributed by atoms with van der Waals surface area (Å²) in [6.07, 6.45) is 1.68. The van der Waals surface area contributed by atoms with E-state index in [1.807, 2.05) is 13.8 Å². The molecular weight excluding hydrogens is 142 g/mol. The molecule has 0 atom stereocenters. The van der Waals surface area contributed by atoms with E-state index >= 15 is 0 Å². The van der Waals surface area contributed by atoms with Gasteiger partial charge >= 0.3 is 0 Å². The molecule has 4 heteroatoms. The molecule has 0 aliphatic rings. The van der Waals surface area contributed by atoms with Crippen molar-refractivity contribution in [2.24, 2.45) is 0 Å². The lowest BCUT2D eigenvalue weighted by Crippen LogP contribution is -2.06. The van der Waals surface area contributed by atoms with Gasteiger partial charge in [-0.3, -0.25) is 0 Å². The van der Waals surface area contributed by atoms with E-state index in [0.29, 0.717) is 11.6 Å². The van der Waals surface area contributed by atoms with Crippen molar-refractivity contribution < 1.29 is 4.74 Å². The minimum atomic E-state index is 0.138. The second-order valence-electron chi connectivity index (χ2n) is 2.48. The smallest absolute Gasteiger partial charge is 0.149 e. The molecule has 1 rings (SSSR count). The van der Waals surface area contributed by atoms with Gasteiger partial charge in [0.15, 0.2) is 0 Å². The predicted octanol–water partition coefficient (Wildman–Crippen LogP) is 0.846. The average Bonchev–Trinajstić information content (AvgIpc) is 1.85. The summed E-state index contributed by atoms with van der Waals surface area (Å²) in [5.74, 6) is 1.04. The zero-order chi connectivity index (χ0) is 8.27. The minimum Gasteiger partial charge on any atom is -0.489 e. The number of nitrogens with two attached hydrogens (primary N) is 1. The highest BCUT2D eigenvalue weighted by Crippen LogP contribution is 2.11. The zero-order valence-corrected chi connectivity index (χ0v) is 6.61. The molecule has 0 spiro atoms. The number of ether oxygens (including phenoxy) is 1. The van der Waals surface area contributed by atoms with Gasteiger partial charge in [0.2, 0.25) is 0 Å². The van der Waals surface area contributed by atoms with Gasteiger partial charge in [-0.1, -0.05) is 0 Å². The van der Waals surface area contributed by atoms with E-state index in [4.69, 9.17) is 10.5 Å². The van der Waals surface area contributed by atoms with Gasteiger partial charge < -0.3 is 10.5 Å². The zero-order valence-electron chi connectivity index (χ0n) is 6.61. The summed E-state index contributed by atoms with van der Waals surface area (Å²) in [6.45, 7) is 3.88. The first-order valence-electron chi connectivity index (χ1n) is 3.43. The Hall–Kier alpha value is -1.32. The molecule has 0 aromatic carbocycles. The summed E-state index contributed by atoms with van der Waals surface area (Å²) in [5.41, 5.74) is 5.38. The Balaban J connectivity index is 2.71. The molecule has 0 aliphatic heterocycles. The summed E-state index contributed by atoms with van der Waals surface area (Å²) in [7, 11) is 0. The molecule has 0 aliphatic carbocycles. The van der Waals surface area contributed by atoms with Crippen molar-refractivity contribution in [3.05, 3.63) is 12.3 Å². The van der Waals surface area contributed by atoms with Gasteiger partial charge in [0.1, 0.15) is 11.6 Å². The van der Waals surface area contributed by atoms with Crippen molar-refractivity contribution in [3.63, 3.8) is 0 Å². The number of aromatic nitrogens is 2. The molecular formula is C7H11N3O. The van der Waals surface area contributed by atoms with Gasteiger partial charge in [0, 0.05) is 6.07 Å². The monoisotopic (exact) mass is 153 g/mol. The van der Waals surface area contributed by atoms with Crippen LogP contribution < -0.4 is 10.5 Å². The van der Waals surface area contributed by atoms with Crippen LogP contribution in [0.5, 0.6) is 5.75 Å². The Morgan fingerprint density at radius 2 is 2.27 bits per heavy atom. The van der Waals surface area contributed by atoms with Crippen molar-refractivity contribution in [3.8, 4) is 5.75 Å². The molecule has 2 N–H and O–H groups in total. The Morgan fingerprint density at radius 3 is 2.82 bits per heavy atom. The lowest BCUT2D eigenvalue weighted by atomic mass is 10.4. The largest absolute Gasteiger partial charge is 0.489 e. The molecule has 0 unspecified atom stereocenters. The van der Waals surface area contributed by atoms with Gasteiger partial charge in [-0.15, -0.1) is 5.10 Å². The van der Waals surface area contributed by atoms with Gasteiger partial charge in [-0.05, 0) is 13.8 Å². The average molecular weight is 153 g/mol. The summed E-state index contributed by atoms with van der Waals surface area (Å²) < 4.78 is 5.31. The molecule has 0 amide bonds. The topological polar surface area (TPSA) is 61.0 Å². The van der Waals surface area contributed by atoms with Crippen LogP contribution in [0.15, 0.2) is 12.3 Å². The van der Waals surface area contributed by atoms with Gasteiger partial charge in [0.05, 0.1) is 12.3 Å².